The lowest BCUT2D eigenvalue weighted by atomic mass is 10.2. The number of hydrogen-bond donors (Lipinski definition) is 1. The molecule has 0 fully saturated rings. The van der Waals surface area contributed by atoms with Crippen LogP contribution >= 0.6 is 0 Å². The van der Waals surface area contributed by atoms with Crippen molar-refractivity contribution in [3.63, 3.8) is 0 Å². The maximum absolute atomic E-state index is 12.4. The molecule has 1 N–H and O–H groups in total. The summed E-state index contributed by atoms with van der Waals surface area (Å²) in [6.45, 7) is 0. The van der Waals surface area contributed by atoms with Gasteiger partial charge in [0, 0.05) is 13.1 Å². The first-order valence-electron chi connectivity index (χ1n) is 5.97. The summed E-state index contributed by atoms with van der Waals surface area (Å²) in [6.07, 6.45) is 0. The normalized spacial score (nSPS) is 11.4. The number of aryl methyl sites for hydroxylation is 1. The molecule has 3 aromatic heterocycles. The predicted molar refractivity (Wildman–Crippen MR) is 71.1 cm³/mol. The quantitative estimate of drug-likeness (QED) is 0.537. The van der Waals surface area contributed by atoms with E-state index in [9.17, 15) is 4.79 Å². The maximum atomic E-state index is 12.4. The molecule has 8 heteroatoms. The van der Waals surface area contributed by atoms with Gasteiger partial charge in [0.2, 0.25) is 0 Å². The Balaban J connectivity index is 2.17. The summed E-state index contributed by atoms with van der Waals surface area (Å²) in [5, 5.41) is 18.4. The number of fused-ring (bicyclic) bond motifs is 2. The van der Waals surface area contributed by atoms with Gasteiger partial charge in [-0.2, -0.15) is 9.61 Å². The molecule has 0 bridgehead atoms. The zero-order valence-corrected chi connectivity index (χ0v) is 10.5. The summed E-state index contributed by atoms with van der Waals surface area (Å²) in [7, 11) is 1.89. The fraction of sp³-hybridized carbons (Fsp3) is 0.0833. The maximum Gasteiger partial charge on any atom is 0.282 e. The lowest BCUT2D eigenvalue weighted by Gasteiger charge is -2.06. The van der Waals surface area contributed by atoms with Crippen molar-refractivity contribution >= 4 is 16.6 Å². The third-order valence-corrected chi connectivity index (χ3v) is 3.31. The third kappa shape index (κ3) is 1.32. The molecule has 0 atom stereocenters. The Morgan fingerprint density at radius 1 is 1.25 bits per heavy atom. The molecule has 0 saturated heterocycles. The molecule has 0 aliphatic carbocycles. The molecule has 0 radical (unpaired) electrons. The monoisotopic (exact) mass is 267 g/mol. The van der Waals surface area contributed by atoms with Crippen LogP contribution in [0.1, 0.15) is 0 Å². The molecule has 0 aliphatic rings. The van der Waals surface area contributed by atoms with Crippen molar-refractivity contribution < 1.29 is 0 Å². The van der Waals surface area contributed by atoms with Crippen LogP contribution in [-0.2, 0) is 7.05 Å². The average molecular weight is 267 g/mol. The van der Waals surface area contributed by atoms with Gasteiger partial charge in [0.1, 0.15) is 11.3 Å². The van der Waals surface area contributed by atoms with Crippen LogP contribution in [0, 0.1) is 0 Å². The number of aromatic amines is 1. The Morgan fingerprint density at radius 3 is 2.90 bits per heavy atom. The molecule has 8 nitrogen and oxygen atoms in total. The number of nitrogens with one attached hydrogen (secondary N) is 1. The standard InChI is InChI=1S/C12H9N7O/c1-18-9-5-3-2-4-7(9)12(20)19-10(18)6-8(15-19)11-13-16-17-14-11/h2-6H,1H3,(H,13,14,16,17). The van der Waals surface area contributed by atoms with E-state index in [1.807, 2.05) is 29.8 Å². The van der Waals surface area contributed by atoms with Crippen molar-refractivity contribution in [2.75, 3.05) is 0 Å². The van der Waals surface area contributed by atoms with Crippen LogP contribution < -0.4 is 5.56 Å². The minimum Gasteiger partial charge on any atom is -0.328 e. The first-order valence-corrected chi connectivity index (χ1v) is 5.97. The Morgan fingerprint density at radius 2 is 2.10 bits per heavy atom. The zero-order chi connectivity index (χ0) is 13.7. The smallest absolute Gasteiger partial charge is 0.282 e. The van der Waals surface area contributed by atoms with Crippen LogP contribution in [-0.4, -0.2) is 34.8 Å². The van der Waals surface area contributed by atoms with Gasteiger partial charge >= 0.3 is 0 Å². The zero-order valence-electron chi connectivity index (χ0n) is 10.5. The van der Waals surface area contributed by atoms with Gasteiger partial charge in [-0.15, -0.1) is 5.10 Å². The number of benzene rings is 1. The number of rotatable bonds is 1. The van der Waals surface area contributed by atoms with Gasteiger partial charge in [0.05, 0.1) is 10.9 Å². The van der Waals surface area contributed by atoms with E-state index in [-0.39, 0.29) is 5.56 Å². The summed E-state index contributed by atoms with van der Waals surface area (Å²) in [5.41, 5.74) is 1.90. The highest BCUT2D eigenvalue weighted by Crippen LogP contribution is 2.17. The Kier molecular flexibility index (Phi) is 2.02. The van der Waals surface area contributed by atoms with Gasteiger partial charge in [-0.3, -0.25) is 4.79 Å². The predicted octanol–water partition coefficient (Wildman–Crippen LogP) is 0.366. The van der Waals surface area contributed by atoms with Crippen molar-refractivity contribution in [1.29, 1.82) is 0 Å². The molecule has 0 spiro atoms. The van der Waals surface area contributed by atoms with Crippen LogP contribution in [0.2, 0.25) is 0 Å². The molecule has 1 aromatic carbocycles. The lowest BCUT2D eigenvalue weighted by Crippen LogP contribution is -2.18. The second kappa shape index (κ2) is 3.73. The van der Waals surface area contributed by atoms with E-state index in [2.05, 4.69) is 25.7 Å². The van der Waals surface area contributed by atoms with E-state index >= 15 is 0 Å². The largest absolute Gasteiger partial charge is 0.328 e. The van der Waals surface area contributed by atoms with Gasteiger partial charge < -0.3 is 4.57 Å². The van der Waals surface area contributed by atoms with Gasteiger partial charge in [0.15, 0.2) is 5.82 Å². The molecular formula is C12H9N7O. The van der Waals surface area contributed by atoms with E-state index in [4.69, 9.17) is 0 Å². The molecule has 3 heterocycles. The highest BCUT2D eigenvalue weighted by Gasteiger charge is 2.13. The first kappa shape index (κ1) is 10.9. The van der Waals surface area contributed by atoms with Crippen LogP contribution in [0.4, 0.5) is 0 Å². The van der Waals surface area contributed by atoms with E-state index in [0.29, 0.717) is 22.6 Å². The van der Waals surface area contributed by atoms with E-state index in [0.717, 1.165) is 5.52 Å². The van der Waals surface area contributed by atoms with E-state index in [1.54, 1.807) is 12.1 Å². The van der Waals surface area contributed by atoms with Crippen molar-refractivity contribution in [2.24, 2.45) is 7.05 Å². The van der Waals surface area contributed by atoms with Crippen molar-refractivity contribution in [3.8, 4) is 11.5 Å². The Labute approximate surface area is 111 Å². The van der Waals surface area contributed by atoms with Crippen LogP contribution in [0.5, 0.6) is 0 Å². The topological polar surface area (TPSA) is 93.8 Å². The van der Waals surface area contributed by atoms with Crippen molar-refractivity contribution in [2.45, 2.75) is 0 Å². The van der Waals surface area contributed by atoms with Crippen LogP contribution in [0.15, 0.2) is 35.1 Å². The number of tetrazole rings is 1. The Hall–Kier alpha value is -3.03. The fourth-order valence-corrected chi connectivity index (χ4v) is 2.33. The third-order valence-electron chi connectivity index (χ3n) is 3.31. The fourth-order valence-electron chi connectivity index (χ4n) is 2.33. The highest BCUT2D eigenvalue weighted by atomic mass is 16.1. The Bertz CT molecular complexity index is 980. The molecule has 4 rings (SSSR count). The molecule has 0 unspecified atom stereocenters. The molecule has 4 aromatic rings. The minimum absolute atomic E-state index is 0.160. The lowest BCUT2D eigenvalue weighted by molar-refractivity contribution is 0.857. The summed E-state index contributed by atoms with van der Waals surface area (Å²) in [5.74, 6) is 0.428. The van der Waals surface area contributed by atoms with Crippen LogP contribution in [0.3, 0.4) is 0 Å². The average Bonchev–Trinajstić information content (AvgIpc) is 3.13. The molecule has 98 valence electrons. The van der Waals surface area contributed by atoms with Gasteiger partial charge in [0.25, 0.3) is 5.56 Å². The molecular weight excluding hydrogens is 258 g/mol. The van der Waals surface area contributed by atoms with Gasteiger partial charge in [-0.25, -0.2) is 5.10 Å². The number of hydrogen-bond acceptors (Lipinski definition) is 5. The van der Waals surface area contributed by atoms with Crippen LogP contribution in [0.25, 0.3) is 28.1 Å². The molecule has 0 saturated carbocycles. The molecule has 0 amide bonds. The van der Waals surface area contributed by atoms with Crippen molar-refractivity contribution in [1.82, 2.24) is 34.8 Å². The van der Waals surface area contributed by atoms with E-state index < -0.39 is 0 Å². The summed E-state index contributed by atoms with van der Waals surface area (Å²) in [4.78, 5) is 12.4. The summed E-state index contributed by atoms with van der Waals surface area (Å²) < 4.78 is 3.28. The van der Waals surface area contributed by atoms with Gasteiger partial charge in [-0.05, 0) is 22.6 Å². The summed E-state index contributed by atoms with van der Waals surface area (Å²) >= 11 is 0. The van der Waals surface area contributed by atoms with Crippen molar-refractivity contribution in [3.05, 3.63) is 40.7 Å². The minimum atomic E-state index is -0.160. The molecule has 20 heavy (non-hydrogen) atoms. The number of para-hydroxylation sites is 1. The number of aromatic nitrogens is 7. The molecule has 0 aliphatic heterocycles. The second-order valence-corrected chi connectivity index (χ2v) is 4.43. The first-order chi connectivity index (χ1) is 9.75. The van der Waals surface area contributed by atoms with Gasteiger partial charge in [-0.1, -0.05) is 12.1 Å². The highest BCUT2D eigenvalue weighted by molar-refractivity contribution is 5.81. The number of nitrogens with zero attached hydrogens (tertiary/aromatic N) is 6. The SMILES string of the molecule is Cn1c2ccccc2c(=O)n2nc(-c3nnn[nH]3)cc12. The van der Waals surface area contributed by atoms with E-state index in [1.165, 1.54) is 4.52 Å². The summed E-state index contributed by atoms with van der Waals surface area (Å²) in [6, 6.07) is 9.19. The second-order valence-electron chi connectivity index (χ2n) is 4.43. The number of H-pyrrole nitrogens is 1.